The zero-order chi connectivity index (χ0) is 7.78. The van der Waals surface area contributed by atoms with Crippen molar-refractivity contribution in [2.75, 3.05) is 0 Å². The van der Waals surface area contributed by atoms with Crippen LogP contribution in [0.5, 0.6) is 0 Å². The molecule has 1 aliphatic rings. The maximum absolute atomic E-state index is 12.2. The maximum Gasteiger partial charge on any atom is 0.298 e. The molecule has 0 heterocycles. The lowest BCUT2D eigenvalue weighted by atomic mass is 10.1. The summed E-state index contributed by atoms with van der Waals surface area (Å²) in [6, 6.07) is 0. The Balaban J connectivity index is 2.88. The first kappa shape index (κ1) is 7.34. The van der Waals surface area contributed by atoms with Gasteiger partial charge in [0.05, 0.1) is 0 Å². The highest BCUT2D eigenvalue weighted by atomic mass is 19.3. The molecule has 1 nitrogen and oxygen atoms in total. The van der Waals surface area contributed by atoms with Gasteiger partial charge in [0.25, 0.3) is 5.92 Å². The second-order valence-corrected chi connectivity index (χ2v) is 2.01. The molecule has 0 bridgehead atoms. The summed E-state index contributed by atoms with van der Waals surface area (Å²) in [5.74, 6) is -4.48. The number of hydrogen-bond acceptors (Lipinski definition) is 1. The smallest absolute Gasteiger partial charge is 0.298 e. The molecule has 1 aliphatic carbocycles. The number of halogens is 3. The topological polar surface area (TPSA) is 20.2 Å². The summed E-state index contributed by atoms with van der Waals surface area (Å²) in [5.41, 5.74) is 0. The number of alkyl halides is 2. The van der Waals surface area contributed by atoms with Crippen LogP contribution in [0.15, 0.2) is 24.1 Å². The first-order chi connectivity index (χ1) is 4.52. The van der Waals surface area contributed by atoms with Crippen LogP contribution in [0.1, 0.15) is 0 Å². The van der Waals surface area contributed by atoms with Gasteiger partial charge in [-0.25, -0.2) is 4.39 Å². The number of allylic oxidation sites excluding steroid dienone is 2. The van der Waals surface area contributed by atoms with E-state index in [-0.39, 0.29) is 6.08 Å². The Kier molecular flexibility index (Phi) is 1.56. The molecule has 0 saturated carbocycles. The maximum atomic E-state index is 12.2. The molecule has 0 spiro atoms. The molecule has 0 radical (unpaired) electrons. The Morgan fingerprint density at radius 2 is 2.10 bits per heavy atom. The van der Waals surface area contributed by atoms with Crippen molar-refractivity contribution in [1.82, 2.24) is 0 Å². The lowest BCUT2D eigenvalue weighted by molar-refractivity contribution is -0.0481. The van der Waals surface area contributed by atoms with E-state index in [2.05, 4.69) is 0 Å². The summed E-state index contributed by atoms with van der Waals surface area (Å²) >= 11 is 0. The van der Waals surface area contributed by atoms with Crippen LogP contribution in [0.3, 0.4) is 0 Å². The van der Waals surface area contributed by atoms with Crippen LogP contribution in [0.2, 0.25) is 0 Å². The molecular weight excluding hydrogens is 145 g/mol. The summed E-state index contributed by atoms with van der Waals surface area (Å²) in [4.78, 5) is 0. The Labute approximate surface area is 55.5 Å². The Morgan fingerprint density at radius 3 is 2.50 bits per heavy atom. The van der Waals surface area contributed by atoms with Crippen molar-refractivity contribution < 1.29 is 18.3 Å². The molecule has 10 heavy (non-hydrogen) atoms. The minimum absolute atomic E-state index is 0.0949. The largest absolute Gasteiger partial charge is 0.382 e. The van der Waals surface area contributed by atoms with Crippen LogP contribution in [0.25, 0.3) is 0 Å². The number of hydrogen-bond donors (Lipinski definition) is 1. The van der Waals surface area contributed by atoms with E-state index in [1.165, 1.54) is 0 Å². The monoisotopic (exact) mass is 150 g/mol. The van der Waals surface area contributed by atoms with Crippen molar-refractivity contribution in [2.24, 2.45) is 0 Å². The van der Waals surface area contributed by atoms with E-state index in [4.69, 9.17) is 5.11 Å². The van der Waals surface area contributed by atoms with Crippen molar-refractivity contribution in [2.45, 2.75) is 12.0 Å². The summed E-state index contributed by atoms with van der Waals surface area (Å²) in [6.07, 6.45) is -0.276. The van der Waals surface area contributed by atoms with Gasteiger partial charge in [0, 0.05) is 6.08 Å². The highest BCUT2D eigenvalue weighted by molar-refractivity contribution is 5.24. The lowest BCUT2D eigenvalue weighted by Gasteiger charge is -2.18. The van der Waals surface area contributed by atoms with Crippen LogP contribution in [0.4, 0.5) is 13.2 Å². The van der Waals surface area contributed by atoms with E-state index >= 15 is 0 Å². The van der Waals surface area contributed by atoms with Crippen LogP contribution in [0, 0.1) is 0 Å². The molecule has 0 aromatic carbocycles. The van der Waals surface area contributed by atoms with Crippen LogP contribution in [-0.2, 0) is 0 Å². The molecule has 1 atom stereocenters. The molecule has 1 unspecified atom stereocenters. The van der Waals surface area contributed by atoms with Gasteiger partial charge in [0.15, 0.2) is 0 Å². The Hall–Kier alpha value is -0.770. The van der Waals surface area contributed by atoms with Crippen molar-refractivity contribution in [1.29, 1.82) is 0 Å². The van der Waals surface area contributed by atoms with Gasteiger partial charge in [-0.15, -0.1) is 0 Å². The third-order valence-corrected chi connectivity index (χ3v) is 1.16. The first-order valence-corrected chi connectivity index (χ1v) is 2.65. The normalized spacial score (nSPS) is 30.0. The average Bonchev–Trinajstić information content (AvgIpc) is 1.78. The second-order valence-electron chi connectivity index (χ2n) is 2.01. The summed E-state index contributed by atoms with van der Waals surface area (Å²) < 4.78 is 36.5. The average molecular weight is 150 g/mol. The highest BCUT2D eigenvalue weighted by Crippen LogP contribution is 2.27. The minimum atomic E-state index is -3.46. The number of aliphatic hydroxyl groups is 1. The second kappa shape index (κ2) is 2.12. The fourth-order valence-electron chi connectivity index (χ4n) is 0.629. The molecule has 0 fully saturated rings. The van der Waals surface area contributed by atoms with Gasteiger partial charge in [0.2, 0.25) is 0 Å². The van der Waals surface area contributed by atoms with E-state index in [9.17, 15) is 13.2 Å². The Bertz CT molecular complexity index is 195. The molecule has 1 N–H and O–H groups in total. The molecule has 0 saturated heterocycles. The molecule has 56 valence electrons. The predicted molar refractivity (Wildman–Crippen MR) is 29.3 cm³/mol. The zero-order valence-corrected chi connectivity index (χ0v) is 4.89. The zero-order valence-electron chi connectivity index (χ0n) is 4.89. The van der Waals surface area contributed by atoms with E-state index in [1.54, 1.807) is 0 Å². The summed E-state index contributed by atoms with van der Waals surface area (Å²) in [7, 11) is 0. The third-order valence-electron chi connectivity index (χ3n) is 1.16. The molecule has 1 rings (SSSR count). The molecule has 0 aromatic rings. The van der Waals surface area contributed by atoms with Gasteiger partial charge in [-0.2, -0.15) is 8.78 Å². The van der Waals surface area contributed by atoms with Crippen LogP contribution in [-0.4, -0.2) is 17.1 Å². The summed E-state index contributed by atoms with van der Waals surface area (Å²) in [6.45, 7) is 0. The number of aliphatic hydroxyl groups excluding tert-OH is 1. The van der Waals surface area contributed by atoms with Gasteiger partial charge in [-0.05, 0) is 12.2 Å². The van der Waals surface area contributed by atoms with Crippen molar-refractivity contribution in [3.63, 3.8) is 0 Å². The molecule has 0 aromatic heterocycles. The van der Waals surface area contributed by atoms with Gasteiger partial charge in [0.1, 0.15) is 11.9 Å². The third kappa shape index (κ3) is 1.21. The van der Waals surface area contributed by atoms with Crippen molar-refractivity contribution in [3.8, 4) is 0 Å². The van der Waals surface area contributed by atoms with E-state index in [0.717, 1.165) is 12.2 Å². The molecule has 0 amide bonds. The van der Waals surface area contributed by atoms with Crippen LogP contribution < -0.4 is 0 Å². The SMILES string of the molecule is OC1C=CC(F)=CC1(F)F. The highest BCUT2D eigenvalue weighted by Gasteiger charge is 2.36. The van der Waals surface area contributed by atoms with Gasteiger partial charge >= 0.3 is 0 Å². The fraction of sp³-hybridized carbons (Fsp3) is 0.333. The predicted octanol–water partition coefficient (Wildman–Crippen LogP) is 1.41. The number of rotatable bonds is 0. The molecule has 0 aliphatic heterocycles. The fourth-order valence-corrected chi connectivity index (χ4v) is 0.629. The van der Waals surface area contributed by atoms with Gasteiger partial charge < -0.3 is 5.11 Å². The minimum Gasteiger partial charge on any atom is -0.382 e. The van der Waals surface area contributed by atoms with Crippen LogP contribution >= 0.6 is 0 Å². The van der Waals surface area contributed by atoms with E-state index in [1.807, 2.05) is 0 Å². The Morgan fingerprint density at radius 1 is 1.50 bits per heavy atom. The summed E-state index contributed by atoms with van der Waals surface area (Å²) in [5, 5.41) is 8.51. The molecular formula is C6H5F3O. The standard InChI is InChI=1S/C6H5F3O/c7-4-1-2-5(10)6(8,9)3-4/h1-3,5,10H. The molecule has 4 heteroatoms. The van der Waals surface area contributed by atoms with Crippen molar-refractivity contribution in [3.05, 3.63) is 24.1 Å². The van der Waals surface area contributed by atoms with Gasteiger partial charge in [-0.1, -0.05) is 0 Å². The van der Waals surface area contributed by atoms with E-state index < -0.39 is 17.9 Å². The van der Waals surface area contributed by atoms with Crippen molar-refractivity contribution >= 4 is 0 Å². The van der Waals surface area contributed by atoms with E-state index in [0.29, 0.717) is 0 Å². The van der Waals surface area contributed by atoms with Gasteiger partial charge in [-0.3, -0.25) is 0 Å². The lowest BCUT2D eigenvalue weighted by Crippen LogP contribution is -2.31. The quantitative estimate of drug-likeness (QED) is 0.553. The first-order valence-electron chi connectivity index (χ1n) is 2.65.